The SMILES string of the molecule is C=CC1=CC(=O)CC[C@]1(C)CCC. The minimum atomic E-state index is 0.199. The average Bonchev–Trinajstić information content (AvgIpc) is 2.10. The molecule has 0 fully saturated rings. The molecule has 1 rings (SSSR count). The summed E-state index contributed by atoms with van der Waals surface area (Å²) in [6.45, 7) is 8.19. The first-order valence-electron chi connectivity index (χ1n) is 5.00. The van der Waals surface area contributed by atoms with Crippen LogP contribution >= 0.6 is 0 Å². The van der Waals surface area contributed by atoms with E-state index in [0.717, 1.165) is 24.8 Å². The van der Waals surface area contributed by atoms with Crippen molar-refractivity contribution in [3.8, 4) is 0 Å². The number of rotatable bonds is 3. The molecule has 0 saturated heterocycles. The minimum Gasteiger partial charge on any atom is -0.295 e. The molecule has 0 aromatic rings. The second kappa shape index (κ2) is 3.91. The lowest BCUT2D eigenvalue weighted by Gasteiger charge is -2.33. The van der Waals surface area contributed by atoms with E-state index in [1.807, 2.05) is 6.08 Å². The molecular weight excluding hydrogens is 160 g/mol. The fourth-order valence-electron chi connectivity index (χ4n) is 2.09. The van der Waals surface area contributed by atoms with Gasteiger partial charge in [-0.05, 0) is 29.9 Å². The van der Waals surface area contributed by atoms with E-state index in [-0.39, 0.29) is 11.2 Å². The van der Waals surface area contributed by atoms with Crippen molar-refractivity contribution < 1.29 is 4.79 Å². The van der Waals surface area contributed by atoms with E-state index >= 15 is 0 Å². The Morgan fingerprint density at radius 1 is 1.69 bits per heavy atom. The Balaban J connectivity index is 2.91. The highest BCUT2D eigenvalue weighted by Crippen LogP contribution is 2.40. The van der Waals surface area contributed by atoms with E-state index in [4.69, 9.17) is 0 Å². The van der Waals surface area contributed by atoms with Gasteiger partial charge in [-0.15, -0.1) is 0 Å². The van der Waals surface area contributed by atoms with Crippen LogP contribution in [0, 0.1) is 5.41 Å². The van der Waals surface area contributed by atoms with Crippen molar-refractivity contribution in [2.24, 2.45) is 5.41 Å². The highest BCUT2D eigenvalue weighted by atomic mass is 16.1. The molecule has 0 aromatic carbocycles. The highest BCUT2D eigenvalue weighted by Gasteiger charge is 2.30. The van der Waals surface area contributed by atoms with Gasteiger partial charge in [0.1, 0.15) is 0 Å². The monoisotopic (exact) mass is 178 g/mol. The summed E-state index contributed by atoms with van der Waals surface area (Å²) in [7, 11) is 0. The van der Waals surface area contributed by atoms with Gasteiger partial charge in [-0.3, -0.25) is 4.79 Å². The third-order valence-electron chi connectivity index (χ3n) is 2.96. The number of carbonyl (C=O) groups is 1. The molecule has 0 amide bonds. The zero-order valence-electron chi connectivity index (χ0n) is 8.60. The first-order chi connectivity index (χ1) is 6.12. The number of hydrogen-bond acceptors (Lipinski definition) is 1. The van der Waals surface area contributed by atoms with Crippen LogP contribution in [-0.2, 0) is 4.79 Å². The van der Waals surface area contributed by atoms with Gasteiger partial charge < -0.3 is 0 Å². The van der Waals surface area contributed by atoms with Crippen LogP contribution in [0.1, 0.15) is 39.5 Å². The molecule has 1 aliphatic rings. The predicted octanol–water partition coefficient (Wildman–Crippen LogP) is 3.27. The molecule has 0 radical (unpaired) electrons. The Labute approximate surface area is 80.5 Å². The molecule has 0 saturated carbocycles. The average molecular weight is 178 g/mol. The van der Waals surface area contributed by atoms with Gasteiger partial charge >= 0.3 is 0 Å². The van der Waals surface area contributed by atoms with Gasteiger partial charge in [-0.25, -0.2) is 0 Å². The number of carbonyl (C=O) groups excluding carboxylic acids is 1. The molecule has 0 aromatic heterocycles. The summed E-state index contributed by atoms with van der Waals surface area (Å²) < 4.78 is 0. The van der Waals surface area contributed by atoms with E-state index in [2.05, 4.69) is 20.4 Å². The van der Waals surface area contributed by atoms with Crippen molar-refractivity contribution in [3.63, 3.8) is 0 Å². The molecule has 1 aliphatic carbocycles. The van der Waals surface area contributed by atoms with Gasteiger partial charge in [0.05, 0.1) is 0 Å². The van der Waals surface area contributed by atoms with Crippen LogP contribution in [0.15, 0.2) is 24.3 Å². The van der Waals surface area contributed by atoms with Crippen molar-refractivity contribution in [2.75, 3.05) is 0 Å². The summed E-state index contributed by atoms with van der Waals surface area (Å²) in [4.78, 5) is 11.2. The van der Waals surface area contributed by atoms with Crippen molar-refractivity contribution in [3.05, 3.63) is 24.3 Å². The zero-order chi connectivity index (χ0) is 9.90. The molecule has 1 atom stereocenters. The molecule has 1 nitrogen and oxygen atoms in total. The first-order valence-corrected chi connectivity index (χ1v) is 5.00. The second-order valence-corrected chi connectivity index (χ2v) is 4.08. The summed E-state index contributed by atoms with van der Waals surface area (Å²) in [5.74, 6) is 0.253. The quantitative estimate of drug-likeness (QED) is 0.648. The van der Waals surface area contributed by atoms with Gasteiger partial charge in [0.2, 0.25) is 0 Å². The Hall–Kier alpha value is -0.850. The van der Waals surface area contributed by atoms with Crippen LogP contribution in [0.5, 0.6) is 0 Å². The van der Waals surface area contributed by atoms with Crippen LogP contribution in [0.3, 0.4) is 0 Å². The van der Waals surface area contributed by atoms with Crippen molar-refractivity contribution in [1.29, 1.82) is 0 Å². The molecule has 0 bridgehead atoms. The van der Waals surface area contributed by atoms with Gasteiger partial charge in [-0.1, -0.05) is 32.9 Å². The molecule has 13 heavy (non-hydrogen) atoms. The predicted molar refractivity (Wildman–Crippen MR) is 55.5 cm³/mol. The zero-order valence-corrected chi connectivity index (χ0v) is 8.60. The van der Waals surface area contributed by atoms with Gasteiger partial charge in [0, 0.05) is 6.42 Å². The molecule has 1 heteroatoms. The third kappa shape index (κ3) is 2.09. The van der Waals surface area contributed by atoms with Gasteiger partial charge in [-0.2, -0.15) is 0 Å². The molecule has 72 valence electrons. The Kier molecular flexibility index (Phi) is 3.07. The Morgan fingerprint density at radius 3 is 2.92 bits per heavy atom. The lowest BCUT2D eigenvalue weighted by molar-refractivity contribution is -0.115. The molecule has 0 N–H and O–H groups in total. The summed E-state index contributed by atoms with van der Waals surface area (Å²) >= 11 is 0. The van der Waals surface area contributed by atoms with E-state index in [9.17, 15) is 4.79 Å². The number of allylic oxidation sites excluding steroid dienone is 3. The number of hydrogen-bond donors (Lipinski definition) is 0. The van der Waals surface area contributed by atoms with Crippen molar-refractivity contribution in [1.82, 2.24) is 0 Å². The minimum absolute atomic E-state index is 0.199. The largest absolute Gasteiger partial charge is 0.295 e. The fourth-order valence-corrected chi connectivity index (χ4v) is 2.09. The summed E-state index contributed by atoms with van der Waals surface area (Å²) in [6.07, 6.45) is 7.61. The van der Waals surface area contributed by atoms with Crippen molar-refractivity contribution in [2.45, 2.75) is 39.5 Å². The van der Waals surface area contributed by atoms with Crippen LogP contribution in [0.25, 0.3) is 0 Å². The fraction of sp³-hybridized carbons (Fsp3) is 0.583. The number of ketones is 1. The summed E-state index contributed by atoms with van der Waals surface area (Å²) in [5, 5.41) is 0. The maximum atomic E-state index is 11.2. The molecule has 0 unspecified atom stereocenters. The smallest absolute Gasteiger partial charge is 0.156 e. The summed E-state index contributed by atoms with van der Waals surface area (Å²) in [5.41, 5.74) is 1.33. The van der Waals surface area contributed by atoms with Crippen LogP contribution in [-0.4, -0.2) is 5.78 Å². The van der Waals surface area contributed by atoms with Crippen LogP contribution < -0.4 is 0 Å². The molecular formula is C12H18O. The topological polar surface area (TPSA) is 17.1 Å². The van der Waals surface area contributed by atoms with E-state index in [1.165, 1.54) is 0 Å². The van der Waals surface area contributed by atoms with E-state index in [1.54, 1.807) is 6.08 Å². The normalized spacial score (nSPS) is 28.5. The third-order valence-corrected chi connectivity index (χ3v) is 2.96. The highest BCUT2D eigenvalue weighted by molar-refractivity contribution is 5.92. The first kappa shape index (κ1) is 10.2. The Bertz CT molecular complexity index is 250. The van der Waals surface area contributed by atoms with Crippen molar-refractivity contribution >= 4 is 5.78 Å². The second-order valence-electron chi connectivity index (χ2n) is 4.08. The maximum absolute atomic E-state index is 11.2. The van der Waals surface area contributed by atoms with Gasteiger partial charge in [0.15, 0.2) is 5.78 Å². The maximum Gasteiger partial charge on any atom is 0.156 e. The summed E-state index contributed by atoms with van der Waals surface area (Å²) in [6, 6.07) is 0. The van der Waals surface area contributed by atoms with Gasteiger partial charge in [0.25, 0.3) is 0 Å². The standard InChI is InChI=1S/C12H18O/c1-4-7-12(3)8-6-11(13)9-10(12)5-2/h5,9H,2,4,6-8H2,1,3H3/t12-/m0/s1. The van der Waals surface area contributed by atoms with Crippen LogP contribution in [0.2, 0.25) is 0 Å². The van der Waals surface area contributed by atoms with E-state index < -0.39 is 0 Å². The van der Waals surface area contributed by atoms with Crippen LogP contribution in [0.4, 0.5) is 0 Å². The molecule has 0 spiro atoms. The lowest BCUT2D eigenvalue weighted by Crippen LogP contribution is -2.24. The molecule has 0 heterocycles. The lowest BCUT2D eigenvalue weighted by atomic mass is 9.71. The Morgan fingerprint density at radius 2 is 2.38 bits per heavy atom. The molecule has 0 aliphatic heterocycles. The van der Waals surface area contributed by atoms with E-state index in [0.29, 0.717) is 6.42 Å².